The first kappa shape index (κ1) is 21.0. The minimum Gasteiger partial charge on any atom is -0.476 e. The molecule has 2 N–H and O–H groups in total. The average molecular weight is 440 g/mol. The Labute approximate surface area is 177 Å². The normalized spacial score (nSPS) is 16.6. The first-order valence-electron chi connectivity index (χ1n) is 8.97. The third kappa shape index (κ3) is 4.98. The highest BCUT2D eigenvalue weighted by molar-refractivity contribution is 8.01. The number of hydrogen-bond acceptors (Lipinski definition) is 6. The number of aromatic nitrogens is 1. The molecule has 1 atom stereocenters. The predicted molar refractivity (Wildman–Crippen MR) is 114 cm³/mol. The largest absolute Gasteiger partial charge is 0.476 e. The molecule has 1 saturated heterocycles. The molecule has 0 aliphatic carbocycles. The molecular weight excluding hydrogens is 418 g/mol. The first-order chi connectivity index (χ1) is 13.3. The van der Waals surface area contributed by atoms with E-state index in [4.69, 9.17) is 16.7 Å². The number of nitrogens with one attached hydrogen (secondary N) is 1. The van der Waals surface area contributed by atoms with Gasteiger partial charge in [0.1, 0.15) is 0 Å². The predicted octanol–water partition coefficient (Wildman–Crippen LogP) is 4.31. The Hall–Kier alpha value is -1.77. The number of nitrogens with zero attached hydrogens (tertiary/aromatic N) is 2. The van der Waals surface area contributed by atoms with Gasteiger partial charge in [0.05, 0.1) is 10.7 Å². The van der Waals surface area contributed by atoms with Crippen molar-refractivity contribution in [1.82, 2.24) is 9.88 Å². The first-order valence-corrected chi connectivity index (χ1v) is 11.2. The van der Waals surface area contributed by atoms with Gasteiger partial charge in [-0.15, -0.1) is 11.3 Å². The summed E-state index contributed by atoms with van der Waals surface area (Å²) in [5, 5.41) is 14.6. The zero-order valence-electron chi connectivity index (χ0n) is 15.7. The minimum absolute atomic E-state index is 0.0668. The summed E-state index contributed by atoms with van der Waals surface area (Å²) in [6.45, 7) is 5.30. The smallest absolute Gasteiger partial charge is 0.355 e. The standard InChI is InChI=1S/C19H22ClN3O3S2/c1-11-7-12(2)17(14(20)8-11)21-9-13-3-4-16(24)23(13)5-6-27-19-22-15(10-28-19)18(25)26/h7-8,10,13,21H,3-6,9H2,1-2H3,(H,25,26). The molecule has 1 unspecified atom stereocenters. The summed E-state index contributed by atoms with van der Waals surface area (Å²) in [6.07, 6.45) is 1.37. The van der Waals surface area contributed by atoms with E-state index in [9.17, 15) is 9.59 Å². The summed E-state index contributed by atoms with van der Waals surface area (Å²) < 4.78 is 0.709. The molecule has 1 aliphatic rings. The van der Waals surface area contributed by atoms with E-state index >= 15 is 0 Å². The van der Waals surface area contributed by atoms with E-state index in [0.29, 0.717) is 34.6 Å². The number of aryl methyl sites for hydroxylation is 2. The van der Waals surface area contributed by atoms with Gasteiger partial charge in [-0.2, -0.15) is 0 Å². The molecule has 1 aliphatic heterocycles. The van der Waals surface area contributed by atoms with Crippen LogP contribution in [0, 0.1) is 13.8 Å². The number of rotatable bonds is 8. The van der Waals surface area contributed by atoms with Crippen LogP contribution >= 0.6 is 34.7 Å². The molecule has 0 radical (unpaired) electrons. The Balaban J connectivity index is 1.55. The SMILES string of the molecule is Cc1cc(C)c(NCC2CCC(=O)N2CCSc2nc(C(=O)O)cs2)c(Cl)c1. The summed E-state index contributed by atoms with van der Waals surface area (Å²) >= 11 is 9.16. The molecule has 0 bridgehead atoms. The van der Waals surface area contributed by atoms with Crippen molar-refractivity contribution in [2.24, 2.45) is 0 Å². The number of carbonyl (C=O) groups is 2. The number of amides is 1. The van der Waals surface area contributed by atoms with Crippen LogP contribution in [0.5, 0.6) is 0 Å². The van der Waals surface area contributed by atoms with E-state index in [1.54, 1.807) is 0 Å². The van der Waals surface area contributed by atoms with E-state index in [2.05, 4.69) is 16.4 Å². The lowest BCUT2D eigenvalue weighted by Crippen LogP contribution is -2.39. The van der Waals surface area contributed by atoms with Gasteiger partial charge in [-0.25, -0.2) is 9.78 Å². The Kier molecular flexibility index (Phi) is 6.85. The van der Waals surface area contributed by atoms with Gasteiger partial charge in [0, 0.05) is 36.7 Å². The summed E-state index contributed by atoms with van der Waals surface area (Å²) in [6, 6.07) is 4.14. The number of thioether (sulfide) groups is 1. The highest BCUT2D eigenvalue weighted by Crippen LogP contribution is 2.29. The number of thiazole rings is 1. The Bertz CT molecular complexity index is 864. The molecule has 6 nitrogen and oxygen atoms in total. The lowest BCUT2D eigenvalue weighted by Gasteiger charge is -2.26. The van der Waals surface area contributed by atoms with Gasteiger partial charge in [0.15, 0.2) is 10.0 Å². The maximum Gasteiger partial charge on any atom is 0.355 e. The van der Waals surface area contributed by atoms with E-state index in [0.717, 1.165) is 23.2 Å². The van der Waals surface area contributed by atoms with Gasteiger partial charge in [-0.3, -0.25) is 4.79 Å². The van der Waals surface area contributed by atoms with Crippen molar-refractivity contribution in [3.05, 3.63) is 39.4 Å². The quantitative estimate of drug-likeness (QED) is 0.596. The van der Waals surface area contributed by atoms with Crippen molar-refractivity contribution in [2.75, 3.05) is 24.2 Å². The van der Waals surface area contributed by atoms with Gasteiger partial charge >= 0.3 is 5.97 Å². The Morgan fingerprint density at radius 3 is 2.93 bits per heavy atom. The number of hydrogen-bond donors (Lipinski definition) is 2. The third-order valence-electron chi connectivity index (χ3n) is 4.66. The lowest BCUT2D eigenvalue weighted by atomic mass is 10.1. The number of carboxylic acids is 1. The number of benzene rings is 1. The summed E-state index contributed by atoms with van der Waals surface area (Å²) in [4.78, 5) is 29.2. The number of carbonyl (C=O) groups excluding carboxylic acids is 1. The van der Waals surface area contributed by atoms with Crippen molar-refractivity contribution in [3.8, 4) is 0 Å². The third-order valence-corrected chi connectivity index (χ3v) is 6.96. The molecule has 28 heavy (non-hydrogen) atoms. The van der Waals surface area contributed by atoms with Gasteiger partial charge in [-0.05, 0) is 37.5 Å². The van der Waals surface area contributed by atoms with E-state index in [1.165, 1.54) is 28.5 Å². The number of likely N-dealkylation sites (tertiary alicyclic amines) is 1. The van der Waals surface area contributed by atoms with Crippen molar-refractivity contribution in [2.45, 2.75) is 37.1 Å². The van der Waals surface area contributed by atoms with Crippen LogP contribution in [0.15, 0.2) is 21.9 Å². The molecule has 9 heteroatoms. The Morgan fingerprint density at radius 2 is 2.25 bits per heavy atom. The van der Waals surface area contributed by atoms with Crippen molar-refractivity contribution in [3.63, 3.8) is 0 Å². The molecule has 2 heterocycles. The van der Waals surface area contributed by atoms with Gasteiger partial charge in [0.2, 0.25) is 5.91 Å². The molecule has 150 valence electrons. The van der Waals surface area contributed by atoms with Gasteiger partial charge in [0.25, 0.3) is 0 Å². The van der Waals surface area contributed by atoms with Crippen molar-refractivity contribution in [1.29, 1.82) is 0 Å². The maximum absolute atomic E-state index is 12.3. The second kappa shape index (κ2) is 9.15. The van der Waals surface area contributed by atoms with Crippen LogP contribution in [0.2, 0.25) is 5.02 Å². The van der Waals surface area contributed by atoms with Crippen LogP contribution in [-0.2, 0) is 4.79 Å². The fourth-order valence-corrected chi connectivity index (χ4v) is 5.52. The van der Waals surface area contributed by atoms with Crippen molar-refractivity contribution >= 4 is 52.3 Å². The van der Waals surface area contributed by atoms with Crippen LogP contribution in [0.4, 0.5) is 5.69 Å². The second-order valence-electron chi connectivity index (χ2n) is 6.75. The van der Waals surface area contributed by atoms with E-state index in [-0.39, 0.29) is 17.6 Å². The zero-order valence-corrected chi connectivity index (χ0v) is 18.1. The van der Waals surface area contributed by atoms with Crippen LogP contribution < -0.4 is 5.32 Å². The van der Waals surface area contributed by atoms with Gasteiger partial charge < -0.3 is 15.3 Å². The van der Waals surface area contributed by atoms with Crippen LogP contribution in [0.1, 0.15) is 34.5 Å². The fourth-order valence-electron chi connectivity index (χ4n) is 3.33. The highest BCUT2D eigenvalue weighted by Gasteiger charge is 2.30. The molecule has 1 aromatic heterocycles. The topological polar surface area (TPSA) is 82.5 Å². The maximum atomic E-state index is 12.3. The van der Waals surface area contributed by atoms with Crippen LogP contribution in [-0.4, -0.2) is 51.8 Å². The molecule has 1 fully saturated rings. The molecule has 1 aromatic carbocycles. The Morgan fingerprint density at radius 1 is 1.46 bits per heavy atom. The molecule has 0 spiro atoms. The number of halogens is 1. The zero-order chi connectivity index (χ0) is 20.3. The van der Waals surface area contributed by atoms with Crippen molar-refractivity contribution < 1.29 is 14.7 Å². The second-order valence-corrected chi connectivity index (χ2v) is 9.36. The molecule has 1 amide bonds. The monoisotopic (exact) mass is 439 g/mol. The van der Waals surface area contributed by atoms with E-state index in [1.807, 2.05) is 24.8 Å². The van der Waals surface area contributed by atoms with Gasteiger partial charge in [-0.1, -0.05) is 29.4 Å². The minimum atomic E-state index is -1.02. The molecular formula is C19H22ClN3O3S2. The summed E-state index contributed by atoms with van der Waals surface area (Å²) in [5.74, 6) is -0.183. The van der Waals surface area contributed by atoms with Crippen LogP contribution in [0.25, 0.3) is 0 Å². The molecule has 3 rings (SSSR count). The molecule has 0 saturated carbocycles. The number of aromatic carboxylic acids is 1. The number of carboxylic acid groups (broad SMARTS) is 1. The highest BCUT2D eigenvalue weighted by atomic mass is 35.5. The average Bonchev–Trinajstić information content (AvgIpc) is 3.22. The van der Waals surface area contributed by atoms with E-state index < -0.39 is 5.97 Å². The lowest BCUT2D eigenvalue weighted by molar-refractivity contribution is -0.128. The van der Waals surface area contributed by atoms with Crippen LogP contribution in [0.3, 0.4) is 0 Å². The molecule has 2 aromatic rings. The summed E-state index contributed by atoms with van der Waals surface area (Å²) in [5.41, 5.74) is 3.20. The fraction of sp³-hybridized carbons (Fsp3) is 0.421. The number of anilines is 1. The summed E-state index contributed by atoms with van der Waals surface area (Å²) in [7, 11) is 0.